The molecular weight excluding hydrogens is 416 g/mol. The maximum Gasteiger partial charge on any atom is 0.257 e. The maximum atomic E-state index is 12.9. The van der Waals surface area contributed by atoms with Gasteiger partial charge in [-0.3, -0.25) is 10.1 Å². The average molecular weight is 433 g/mol. The molecule has 2 heterocycles. The Kier molecular flexibility index (Phi) is 6.18. The summed E-state index contributed by atoms with van der Waals surface area (Å²) in [5.41, 5.74) is 0.200. The maximum absolute atomic E-state index is 12.9. The van der Waals surface area contributed by atoms with Crippen molar-refractivity contribution in [1.29, 1.82) is 0 Å². The Labute approximate surface area is 165 Å². The first-order chi connectivity index (χ1) is 12.4. The fraction of sp³-hybridized carbons (Fsp3) is 0.400. The molecule has 7 nitrogen and oxygen atoms in total. The topological polar surface area (TPSA) is 92.3 Å². The first-order valence-corrected chi connectivity index (χ1v) is 11.8. The Bertz CT molecular complexity index is 911. The van der Waals surface area contributed by atoms with E-state index in [1.54, 1.807) is 0 Å². The summed E-state index contributed by atoms with van der Waals surface area (Å²) in [4.78, 5) is 12.4. The average Bonchev–Trinajstić information content (AvgIpc) is 3.10. The third-order valence-electron chi connectivity index (χ3n) is 3.93. The quantitative estimate of drug-likeness (QED) is 0.575. The van der Waals surface area contributed by atoms with Crippen LogP contribution in [0.5, 0.6) is 0 Å². The Hall–Kier alpha value is -1.20. The Morgan fingerprint density at radius 1 is 1.27 bits per heavy atom. The van der Waals surface area contributed by atoms with E-state index in [4.69, 9.17) is 11.6 Å². The van der Waals surface area contributed by atoms with Crippen LogP contribution in [0.2, 0.25) is 5.02 Å². The van der Waals surface area contributed by atoms with Crippen LogP contribution in [0, 0.1) is 0 Å². The van der Waals surface area contributed by atoms with Gasteiger partial charge in [-0.25, -0.2) is 8.42 Å². The minimum atomic E-state index is -3.73. The van der Waals surface area contributed by atoms with Crippen molar-refractivity contribution in [3.63, 3.8) is 0 Å². The second-order valence-electron chi connectivity index (χ2n) is 5.64. The van der Waals surface area contributed by atoms with Gasteiger partial charge in [0.2, 0.25) is 15.2 Å². The molecule has 1 aliphatic rings. The smallest absolute Gasteiger partial charge is 0.257 e. The second kappa shape index (κ2) is 8.22. The molecule has 2 aromatic rings. The van der Waals surface area contributed by atoms with Crippen molar-refractivity contribution in [2.45, 2.75) is 28.5 Å². The lowest BCUT2D eigenvalue weighted by atomic mass is 10.2. The fourth-order valence-corrected chi connectivity index (χ4v) is 5.78. The molecule has 0 aliphatic carbocycles. The highest BCUT2D eigenvalue weighted by molar-refractivity contribution is 8.00. The van der Waals surface area contributed by atoms with Crippen LogP contribution >= 0.6 is 34.7 Å². The molecule has 0 atom stereocenters. The molecule has 1 N–H and O–H groups in total. The van der Waals surface area contributed by atoms with Crippen LogP contribution in [-0.4, -0.2) is 48.2 Å². The molecule has 26 heavy (non-hydrogen) atoms. The lowest BCUT2D eigenvalue weighted by molar-refractivity contribution is 0.102. The van der Waals surface area contributed by atoms with Crippen molar-refractivity contribution >= 4 is 55.8 Å². The number of carbonyl (C=O) groups is 1. The van der Waals surface area contributed by atoms with Crippen LogP contribution in [0.3, 0.4) is 0 Å². The third-order valence-corrected chi connectivity index (χ3v) is 8.12. The predicted octanol–water partition coefficient (Wildman–Crippen LogP) is 3.34. The summed E-state index contributed by atoms with van der Waals surface area (Å²) >= 11 is 8.80. The van der Waals surface area contributed by atoms with E-state index in [1.165, 1.54) is 45.6 Å². The van der Waals surface area contributed by atoms with Gasteiger partial charge >= 0.3 is 0 Å². The zero-order valence-corrected chi connectivity index (χ0v) is 17.1. The fourth-order valence-electron chi connectivity index (χ4n) is 2.60. The number of rotatable bonds is 5. The van der Waals surface area contributed by atoms with E-state index in [-0.39, 0.29) is 15.5 Å². The number of halogens is 1. The number of carbonyl (C=O) groups excluding carboxylic acids is 1. The number of piperidine rings is 1. The van der Waals surface area contributed by atoms with E-state index in [1.807, 2.05) is 6.26 Å². The molecular formula is C15H17ClN4O3S3. The highest BCUT2D eigenvalue weighted by Gasteiger charge is 2.28. The van der Waals surface area contributed by atoms with Crippen LogP contribution in [0.15, 0.2) is 27.4 Å². The van der Waals surface area contributed by atoms with E-state index >= 15 is 0 Å². The van der Waals surface area contributed by atoms with Crippen molar-refractivity contribution < 1.29 is 13.2 Å². The highest BCUT2D eigenvalue weighted by Crippen LogP contribution is 2.29. The van der Waals surface area contributed by atoms with Gasteiger partial charge in [-0.2, -0.15) is 4.31 Å². The summed E-state index contributed by atoms with van der Waals surface area (Å²) in [7, 11) is -3.73. The van der Waals surface area contributed by atoms with Crippen molar-refractivity contribution in [3.05, 3.63) is 28.8 Å². The molecule has 0 bridgehead atoms. The van der Waals surface area contributed by atoms with Gasteiger partial charge in [0.05, 0.1) is 5.02 Å². The predicted molar refractivity (Wildman–Crippen MR) is 104 cm³/mol. The number of benzene rings is 1. The Morgan fingerprint density at radius 3 is 2.65 bits per heavy atom. The van der Waals surface area contributed by atoms with E-state index in [0.717, 1.165) is 23.6 Å². The van der Waals surface area contributed by atoms with Crippen molar-refractivity contribution in [1.82, 2.24) is 14.5 Å². The van der Waals surface area contributed by atoms with Crippen LogP contribution in [0.1, 0.15) is 29.6 Å². The summed E-state index contributed by atoms with van der Waals surface area (Å²) in [6.07, 6.45) is 4.53. The van der Waals surface area contributed by atoms with Crippen molar-refractivity contribution in [2.75, 3.05) is 24.7 Å². The summed E-state index contributed by atoms with van der Waals surface area (Å²) in [5.74, 6) is -0.458. The number of thioether (sulfide) groups is 1. The SMILES string of the molecule is CSc1nnc(NC(=O)c2ccc(Cl)c(S(=O)(=O)N3CCCCC3)c2)s1. The molecule has 1 aliphatic heterocycles. The van der Waals surface area contributed by atoms with Crippen LogP contribution < -0.4 is 5.32 Å². The van der Waals surface area contributed by atoms with Crippen LogP contribution in [0.4, 0.5) is 5.13 Å². The summed E-state index contributed by atoms with van der Waals surface area (Å²) in [6, 6.07) is 4.24. The van der Waals surface area contributed by atoms with Crippen molar-refractivity contribution in [2.24, 2.45) is 0 Å². The molecule has 1 aromatic heterocycles. The molecule has 11 heteroatoms. The molecule has 3 rings (SSSR count). The molecule has 0 unspecified atom stereocenters. The summed E-state index contributed by atoms with van der Waals surface area (Å²) in [5, 5.41) is 10.9. The summed E-state index contributed by atoms with van der Waals surface area (Å²) < 4.78 is 27.9. The van der Waals surface area contributed by atoms with E-state index in [2.05, 4.69) is 15.5 Å². The number of nitrogens with zero attached hydrogens (tertiary/aromatic N) is 3. The molecule has 1 amide bonds. The Morgan fingerprint density at radius 2 is 2.00 bits per heavy atom. The van der Waals surface area contributed by atoms with Gasteiger partial charge in [-0.1, -0.05) is 41.1 Å². The number of anilines is 1. The zero-order chi connectivity index (χ0) is 18.7. The van der Waals surface area contributed by atoms with Gasteiger partial charge < -0.3 is 0 Å². The molecule has 140 valence electrons. The lowest BCUT2D eigenvalue weighted by Gasteiger charge is -2.26. The van der Waals surface area contributed by atoms with Gasteiger partial charge in [0, 0.05) is 18.7 Å². The third kappa shape index (κ3) is 4.20. The van der Waals surface area contributed by atoms with Gasteiger partial charge in [-0.15, -0.1) is 10.2 Å². The lowest BCUT2D eigenvalue weighted by Crippen LogP contribution is -2.35. The molecule has 1 saturated heterocycles. The number of hydrogen-bond donors (Lipinski definition) is 1. The number of nitrogens with one attached hydrogen (secondary N) is 1. The molecule has 0 saturated carbocycles. The monoisotopic (exact) mass is 432 g/mol. The standard InChI is InChI=1S/C15H17ClN4O3S3/c1-24-15-19-18-14(25-15)17-13(21)10-5-6-11(16)12(9-10)26(22,23)20-7-3-2-4-8-20/h5-6,9H,2-4,7-8H2,1H3,(H,17,18,21). The number of aromatic nitrogens is 2. The van der Waals surface area contributed by atoms with E-state index in [9.17, 15) is 13.2 Å². The first-order valence-electron chi connectivity index (χ1n) is 7.90. The number of amides is 1. The van der Waals surface area contributed by atoms with Gasteiger partial charge in [0.1, 0.15) is 4.90 Å². The number of hydrogen-bond acceptors (Lipinski definition) is 7. The normalized spacial score (nSPS) is 15.8. The van der Waals surface area contributed by atoms with Gasteiger partial charge in [0.25, 0.3) is 5.91 Å². The minimum Gasteiger partial charge on any atom is -0.296 e. The largest absolute Gasteiger partial charge is 0.296 e. The molecule has 0 spiro atoms. The van der Waals surface area contributed by atoms with E-state index < -0.39 is 15.9 Å². The van der Waals surface area contributed by atoms with E-state index in [0.29, 0.717) is 18.2 Å². The van der Waals surface area contributed by atoms with Crippen molar-refractivity contribution in [3.8, 4) is 0 Å². The minimum absolute atomic E-state index is 0.0456. The highest BCUT2D eigenvalue weighted by atomic mass is 35.5. The Balaban J connectivity index is 1.85. The second-order valence-corrected chi connectivity index (χ2v) is 9.99. The van der Waals surface area contributed by atoms with Gasteiger partial charge in [0.15, 0.2) is 4.34 Å². The first kappa shape index (κ1) is 19.6. The van der Waals surface area contributed by atoms with Crippen LogP contribution in [0.25, 0.3) is 0 Å². The van der Waals surface area contributed by atoms with Gasteiger partial charge in [-0.05, 0) is 37.3 Å². The molecule has 0 radical (unpaired) electrons. The van der Waals surface area contributed by atoms with Crippen LogP contribution in [-0.2, 0) is 10.0 Å². The number of sulfonamides is 1. The zero-order valence-electron chi connectivity index (χ0n) is 13.9. The molecule has 1 aromatic carbocycles. The molecule has 1 fully saturated rings. The summed E-state index contributed by atoms with van der Waals surface area (Å²) in [6.45, 7) is 0.939.